The van der Waals surface area contributed by atoms with Crippen LogP contribution in [-0.2, 0) is 14.4 Å². The van der Waals surface area contributed by atoms with E-state index in [1.54, 1.807) is 5.48 Å². The summed E-state index contributed by atoms with van der Waals surface area (Å²) in [7, 11) is 0. The van der Waals surface area contributed by atoms with Gasteiger partial charge in [0.2, 0.25) is 6.41 Å². The van der Waals surface area contributed by atoms with Crippen LogP contribution in [-0.4, -0.2) is 38.6 Å². The van der Waals surface area contributed by atoms with Crippen LogP contribution in [0.3, 0.4) is 0 Å². The minimum atomic E-state index is -0.535. The SMILES string of the molecule is CC(=O)ONC=O.[BiH3]. The molecule has 8 heavy (non-hydrogen) atoms. The van der Waals surface area contributed by atoms with Crippen LogP contribution in [0.25, 0.3) is 0 Å². The molecule has 0 aromatic rings. The van der Waals surface area contributed by atoms with Crippen molar-refractivity contribution >= 4 is 38.6 Å². The molecule has 0 aliphatic carbocycles. The van der Waals surface area contributed by atoms with Crippen LogP contribution >= 0.6 is 0 Å². The van der Waals surface area contributed by atoms with Crippen LogP contribution in [0.15, 0.2) is 0 Å². The number of hydrogen-bond acceptors (Lipinski definition) is 3. The van der Waals surface area contributed by atoms with Crippen LogP contribution in [0.2, 0.25) is 0 Å². The second-order valence-electron chi connectivity index (χ2n) is 0.829. The zero-order valence-corrected chi connectivity index (χ0v) is 10.0. The molecule has 0 spiro atoms. The average Bonchev–Trinajstić information content (AvgIpc) is 1.61. The van der Waals surface area contributed by atoms with Gasteiger partial charge in [-0.05, 0) is 0 Å². The summed E-state index contributed by atoms with van der Waals surface area (Å²) in [4.78, 5) is 23.0. The Hall–Kier alpha value is -0.177. The van der Waals surface area contributed by atoms with Gasteiger partial charge >= 0.3 is 32.2 Å². The monoisotopic (exact) mass is 315 g/mol. The van der Waals surface area contributed by atoms with Crippen LogP contribution in [0.4, 0.5) is 0 Å². The van der Waals surface area contributed by atoms with E-state index in [-0.39, 0.29) is 32.6 Å². The summed E-state index contributed by atoms with van der Waals surface area (Å²) < 4.78 is 0. The maximum atomic E-state index is 9.76. The fraction of sp³-hybridized carbons (Fsp3) is 0.333. The molecule has 0 fully saturated rings. The average molecular weight is 315 g/mol. The Morgan fingerprint density at radius 1 is 1.75 bits per heavy atom. The Morgan fingerprint density at radius 2 is 2.25 bits per heavy atom. The molecule has 0 heterocycles. The van der Waals surface area contributed by atoms with Crippen molar-refractivity contribution in [3.8, 4) is 0 Å². The molecule has 0 saturated heterocycles. The van der Waals surface area contributed by atoms with Gasteiger partial charge in [0.05, 0.1) is 0 Å². The van der Waals surface area contributed by atoms with Gasteiger partial charge in [-0.15, -0.1) is 0 Å². The van der Waals surface area contributed by atoms with E-state index in [0.717, 1.165) is 0 Å². The number of hydrogen-bond donors (Lipinski definition) is 1. The van der Waals surface area contributed by atoms with E-state index in [1.165, 1.54) is 6.92 Å². The number of hydroxylamine groups is 1. The quantitative estimate of drug-likeness (QED) is 0.365. The van der Waals surface area contributed by atoms with Gasteiger partial charge in [-0.2, -0.15) is 5.48 Å². The zero-order chi connectivity index (χ0) is 5.70. The van der Waals surface area contributed by atoms with Crippen LogP contribution in [0.5, 0.6) is 0 Å². The second kappa shape index (κ2) is 6.82. The molecular weight excluding hydrogens is 307 g/mol. The van der Waals surface area contributed by atoms with Gasteiger partial charge in [-0.1, -0.05) is 0 Å². The summed E-state index contributed by atoms with van der Waals surface area (Å²) in [6.45, 7) is 1.19. The third kappa shape index (κ3) is 9.27. The molecule has 1 N–H and O–H groups in total. The summed E-state index contributed by atoms with van der Waals surface area (Å²) in [5.41, 5.74) is 1.72. The molecule has 0 unspecified atom stereocenters. The summed E-state index contributed by atoms with van der Waals surface area (Å²) in [6, 6.07) is 0. The first-order chi connectivity index (χ1) is 3.27. The van der Waals surface area contributed by atoms with Gasteiger partial charge in [0.15, 0.2) is 0 Å². The fourth-order valence-corrected chi connectivity index (χ4v) is 0.107. The van der Waals surface area contributed by atoms with Gasteiger partial charge < -0.3 is 4.84 Å². The minimum absolute atomic E-state index is 0. The predicted molar refractivity (Wildman–Crippen MR) is 30.9 cm³/mol. The molecule has 0 bridgehead atoms. The molecule has 0 saturated carbocycles. The van der Waals surface area contributed by atoms with Crippen molar-refractivity contribution in [2.24, 2.45) is 0 Å². The van der Waals surface area contributed by atoms with E-state index >= 15 is 0 Å². The molecule has 0 atom stereocenters. The molecule has 1 amide bonds. The first-order valence-electron chi connectivity index (χ1n) is 1.64. The van der Waals surface area contributed by atoms with E-state index in [1.807, 2.05) is 0 Å². The Balaban J connectivity index is 0. The van der Waals surface area contributed by atoms with Gasteiger partial charge in [-0.3, -0.25) is 9.59 Å². The normalized spacial score (nSPS) is 6.12. The molecule has 0 aromatic heterocycles. The molecule has 48 valence electrons. The molecule has 0 aromatic carbocycles. The molecule has 0 aliphatic heterocycles. The second-order valence-corrected chi connectivity index (χ2v) is 0.829. The molecule has 4 nitrogen and oxygen atoms in total. The van der Waals surface area contributed by atoms with E-state index in [0.29, 0.717) is 0 Å². The van der Waals surface area contributed by atoms with Crippen molar-refractivity contribution < 1.29 is 14.4 Å². The van der Waals surface area contributed by atoms with Gasteiger partial charge in [0.25, 0.3) is 0 Å². The van der Waals surface area contributed by atoms with Crippen LogP contribution in [0.1, 0.15) is 6.92 Å². The zero-order valence-electron chi connectivity index (χ0n) is 4.51. The Morgan fingerprint density at radius 3 is 2.38 bits per heavy atom. The van der Waals surface area contributed by atoms with Gasteiger partial charge in [0, 0.05) is 6.92 Å². The molecular formula is C3H8BiNO3. The summed E-state index contributed by atoms with van der Waals surface area (Å²) in [6.07, 6.45) is 0.279. The number of amides is 1. The van der Waals surface area contributed by atoms with Crippen molar-refractivity contribution in [3.05, 3.63) is 0 Å². The molecule has 0 radical (unpaired) electrons. The molecule has 0 rings (SSSR count). The van der Waals surface area contributed by atoms with Gasteiger partial charge in [0.1, 0.15) is 0 Å². The number of rotatable bonds is 2. The fourth-order valence-electron chi connectivity index (χ4n) is 0.107. The van der Waals surface area contributed by atoms with Crippen molar-refractivity contribution in [2.45, 2.75) is 6.92 Å². The third-order valence-corrected chi connectivity index (χ3v) is 0.251. The standard InChI is InChI=1S/C3H5NO3.Bi.3H/c1-3(6)7-4-2-5;;;;/h2H,1H3,(H,4,5);;;;. The van der Waals surface area contributed by atoms with E-state index in [9.17, 15) is 9.59 Å². The molecule has 5 heteroatoms. The number of carbonyl (C=O) groups is 2. The van der Waals surface area contributed by atoms with E-state index in [4.69, 9.17) is 0 Å². The first-order valence-corrected chi connectivity index (χ1v) is 1.64. The van der Waals surface area contributed by atoms with Crippen molar-refractivity contribution in [3.63, 3.8) is 0 Å². The van der Waals surface area contributed by atoms with Crippen molar-refractivity contribution in [1.29, 1.82) is 0 Å². The first kappa shape index (κ1) is 10.7. The summed E-state index contributed by atoms with van der Waals surface area (Å²) >= 11 is 0. The van der Waals surface area contributed by atoms with Crippen LogP contribution < -0.4 is 5.48 Å². The topological polar surface area (TPSA) is 55.4 Å². The Kier molecular flexibility index (Phi) is 9.16. The Bertz CT molecular complexity index is 84.6. The number of nitrogens with one attached hydrogen (secondary N) is 1. The maximum absolute atomic E-state index is 9.76. The summed E-state index contributed by atoms with van der Waals surface area (Å²) in [5.74, 6) is -0.535. The van der Waals surface area contributed by atoms with E-state index in [2.05, 4.69) is 4.84 Å². The van der Waals surface area contributed by atoms with Crippen molar-refractivity contribution in [2.75, 3.05) is 0 Å². The predicted octanol–water partition coefficient (Wildman–Crippen LogP) is -1.97. The van der Waals surface area contributed by atoms with Crippen molar-refractivity contribution in [1.82, 2.24) is 5.48 Å². The third-order valence-electron chi connectivity index (χ3n) is 0.251. The molecule has 0 aliphatic rings. The number of carbonyl (C=O) groups excluding carboxylic acids is 2. The van der Waals surface area contributed by atoms with Gasteiger partial charge in [-0.25, -0.2) is 0 Å². The Labute approximate surface area is 65.7 Å². The van der Waals surface area contributed by atoms with E-state index < -0.39 is 5.97 Å². The summed E-state index contributed by atoms with van der Waals surface area (Å²) in [5, 5.41) is 0. The van der Waals surface area contributed by atoms with Crippen LogP contribution in [0, 0.1) is 0 Å².